The van der Waals surface area contributed by atoms with Crippen molar-refractivity contribution in [3.63, 3.8) is 0 Å². The zero-order valence-corrected chi connectivity index (χ0v) is 12.2. The molecule has 1 fully saturated rings. The summed E-state index contributed by atoms with van der Waals surface area (Å²) in [4.78, 5) is 6.93. The standard InChI is InChI=1S/C15H23ClN2/c1-3-4-8-18-9-6-5-7-14(18)13-10-12(2)15(16)17-11-13/h10-11,14H,3-9H2,1-2H3. The van der Waals surface area contributed by atoms with Crippen LogP contribution in [0.15, 0.2) is 12.3 Å². The van der Waals surface area contributed by atoms with Gasteiger partial charge >= 0.3 is 0 Å². The van der Waals surface area contributed by atoms with E-state index in [2.05, 4.69) is 22.9 Å². The molecule has 1 atom stereocenters. The topological polar surface area (TPSA) is 16.1 Å². The Labute approximate surface area is 115 Å². The second-order valence-corrected chi connectivity index (χ2v) is 5.64. The molecule has 1 saturated heterocycles. The summed E-state index contributed by atoms with van der Waals surface area (Å²) in [5.41, 5.74) is 2.43. The Hall–Kier alpha value is -0.600. The molecule has 0 bridgehead atoms. The fourth-order valence-electron chi connectivity index (χ4n) is 2.76. The Morgan fingerprint density at radius 3 is 3.00 bits per heavy atom. The molecule has 1 aliphatic heterocycles. The van der Waals surface area contributed by atoms with Crippen LogP contribution >= 0.6 is 11.6 Å². The largest absolute Gasteiger partial charge is 0.296 e. The van der Waals surface area contributed by atoms with Gasteiger partial charge in [-0.15, -0.1) is 0 Å². The Morgan fingerprint density at radius 2 is 2.28 bits per heavy atom. The Morgan fingerprint density at radius 1 is 1.44 bits per heavy atom. The lowest BCUT2D eigenvalue weighted by Crippen LogP contribution is -2.34. The zero-order valence-electron chi connectivity index (χ0n) is 11.5. The molecule has 0 spiro atoms. The third-order valence-electron chi connectivity index (χ3n) is 3.83. The second kappa shape index (κ2) is 6.53. The molecule has 1 aromatic rings. The van der Waals surface area contributed by atoms with Crippen molar-refractivity contribution in [1.82, 2.24) is 9.88 Å². The maximum Gasteiger partial charge on any atom is 0.131 e. The number of nitrogens with zero attached hydrogens (tertiary/aromatic N) is 2. The van der Waals surface area contributed by atoms with Crippen molar-refractivity contribution in [2.75, 3.05) is 13.1 Å². The smallest absolute Gasteiger partial charge is 0.131 e. The van der Waals surface area contributed by atoms with Gasteiger partial charge in [0.05, 0.1) is 0 Å². The van der Waals surface area contributed by atoms with Crippen LogP contribution in [0.5, 0.6) is 0 Å². The van der Waals surface area contributed by atoms with Gasteiger partial charge < -0.3 is 0 Å². The number of rotatable bonds is 4. The highest BCUT2D eigenvalue weighted by atomic mass is 35.5. The number of hydrogen-bond donors (Lipinski definition) is 0. The Kier molecular flexibility index (Phi) is 5.02. The molecule has 1 aromatic heterocycles. The number of pyridine rings is 1. The van der Waals surface area contributed by atoms with Crippen LogP contribution in [0.1, 0.15) is 56.2 Å². The Balaban J connectivity index is 2.14. The highest BCUT2D eigenvalue weighted by Gasteiger charge is 2.23. The van der Waals surface area contributed by atoms with Crippen LogP contribution in [0.2, 0.25) is 5.15 Å². The number of likely N-dealkylation sites (tertiary alicyclic amines) is 1. The molecule has 1 unspecified atom stereocenters. The van der Waals surface area contributed by atoms with Gasteiger partial charge in [0, 0.05) is 12.2 Å². The highest BCUT2D eigenvalue weighted by Crippen LogP contribution is 2.31. The average Bonchev–Trinajstić information content (AvgIpc) is 2.40. The fourth-order valence-corrected chi connectivity index (χ4v) is 2.86. The average molecular weight is 267 g/mol. The van der Waals surface area contributed by atoms with E-state index in [1.165, 1.54) is 50.8 Å². The van der Waals surface area contributed by atoms with Crippen molar-refractivity contribution < 1.29 is 0 Å². The molecule has 18 heavy (non-hydrogen) atoms. The van der Waals surface area contributed by atoms with Crippen molar-refractivity contribution in [3.8, 4) is 0 Å². The van der Waals surface area contributed by atoms with E-state index in [0.717, 1.165) is 5.56 Å². The number of unbranched alkanes of at least 4 members (excludes halogenated alkanes) is 1. The molecule has 0 aliphatic carbocycles. The van der Waals surface area contributed by atoms with Gasteiger partial charge in [-0.25, -0.2) is 4.98 Å². The second-order valence-electron chi connectivity index (χ2n) is 5.28. The molecule has 0 saturated carbocycles. The first-order chi connectivity index (χ1) is 8.72. The van der Waals surface area contributed by atoms with Crippen LogP contribution in [0.4, 0.5) is 0 Å². The maximum atomic E-state index is 6.01. The molecule has 0 amide bonds. The van der Waals surface area contributed by atoms with E-state index in [4.69, 9.17) is 11.6 Å². The van der Waals surface area contributed by atoms with Gasteiger partial charge in [0.25, 0.3) is 0 Å². The molecule has 2 heterocycles. The summed E-state index contributed by atoms with van der Waals surface area (Å²) in [5, 5.41) is 0.634. The van der Waals surface area contributed by atoms with Crippen molar-refractivity contribution in [2.24, 2.45) is 0 Å². The molecule has 0 radical (unpaired) electrons. The normalized spacial score (nSPS) is 21.2. The number of hydrogen-bond acceptors (Lipinski definition) is 2. The van der Waals surface area contributed by atoms with Crippen LogP contribution < -0.4 is 0 Å². The minimum Gasteiger partial charge on any atom is -0.296 e. The lowest BCUT2D eigenvalue weighted by atomic mass is 9.95. The van der Waals surface area contributed by atoms with Gasteiger partial charge in [0.2, 0.25) is 0 Å². The summed E-state index contributed by atoms with van der Waals surface area (Å²) in [7, 11) is 0. The van der Waals surface area contributed by atoms with E-state index in [9.17, 15) is 0 Å². The van der Waals surface area contributed by atoms with E-state index in [1.807, 2.05) is 13.1 Å². The molecule has 100 valence electrons. The molecule has 2 rings (SSSR count). The van der Waals surface area contributed by atoms with E-state index >= 15 is 0 Å². The summed E-state index contributed by atoms with van der Waals surface area (Å²) in [6.07, 6.45) is 8.43. The zero-order chi connectivity index (χ0) is 13.0. The Bertz CT molecular complexity index is 392. The summed E-state index contributed by atoms with van der Waals surface area (Å²) in [6, 6.07) is 2.76. The molecule has 2 nitrogen and oxygen atoms in total. The van der Waals surface area contributed by atoms with E-state index in [1.54, 1.807) is 0 Å². The number of halogens is 1. The minimum absolute atomic E-state index is 0.550. The highest BCUT2D eigenvalue weighted by molar-refractivity contribution is 6.30. The maximum absolute atomic E-state index is 6.01. The van der Waals surface area contributed by atoms with Gasteiger partial charge in [-0.2, -0.15) is 0 Å². The SMILES string of the molecule is CCCCN1CCCCC1c1cnc(Cl)c(C)c1. The predicted octanol–water partition coefficient (Wildman–Crippen LogP) is 4.37. The van der Waals surface area contributed by atoms with Gasteiger partial charge in [0.15, 0.2) is 0 Å². The number of aromatic nitrogens is 1. The van der Waals surface area contributed by atoms with Crippen LogP contribution in [-0.2, 0) is 0 Å². The molecule has 0 N–H and O–H groups in total. The van der Waals surface area contributed by atoms with Gasteiger partial charge in [0.1, 0.15) is 5.15 Å². The van der Waals surface area contributed by atoms with Crippen molar-refractivity contribution in [1.29, 1.82) is 0 Å². The van der Waals surface area contributed by atoms with Crippen LogP contribution in [-0.4, -0.2) is 23.0 Å². The lowest BCUT2D eigenvalue weighted by molar-refractivity contribution is 0.146. The fraction of sp³-hybridized carbons (Fsp3) is 0.667. The minimum atomic E-state index is 0.550. The third-order valence-corrected chi connectivity index (χ3v) is 4.23. The van der Waals surface area contributed by atoms with Crippen LogP contribution in [0.3, 0.4) is 0 Å². The molecular formula is C15H23ClN2. The van der Waals surface area contributed by atoms with Crippen molar-refractivity contribution in [3.05, 3.63) is 28.5 Å². The van der Waals surface area contributed by atoms with Crippen molar-refractivity contribution in [2.45, 2.75) is 52.0 Å². The van der Waals surface area contributed by atoms with Crippen LogP contribution in [0, 0.1) is 6.92 Å². The monoisotopic (exact) mass is 266 g/mol. The lowest BCUT2D eigenvalue weighted by Gasteiger charge is -2.36. The summed E-state index contributed by atoms with van der Waals surface area (Å²) < 4.78 is 0. The molecular weight excluding hydrogens is 244 g/mol. The van der Waals surface area contributed by atoms with E-state index < -0.39 is 0 Å². The van der Waals surface area contributed by atoms with E-state index in [0.29, 0.717) is 11.2 Å². The molecule has 3 heteroatoms. The van der Waals surface area contributed by atoms with E-state index in [-0.39, 0.29) is 0 Å². The predicted molar refractivity (Wildman–Crippen MR) is 77.1 cm³/mol. The molecule has 1 aliphatic rings. The van der Waals surface area contributed by atoms with Gasteiger partial charge in [-0.05, 0) is 56.5 Å². The molecule has 0 aromatic carbocycles. The quantitative estimate of drug-likeness (QED) is 0.753. The first-order valence-corrected chi connectivity index (χ1v) is 7.46. The first kappa shape index (κ1) is 13.8. The summed E-state index contributed by atoms with van der Waals surface area (Å²) in [6.45, 7) is 6.74. The van der Waals surface area contributed by atoms with Crippen LogP contribution in [0.25, 0.3) is 0 Å². The number of piperidine rings is 1. The van der Waals surface area contributed by atoms with Gasteiger partial charge in [-0.1, -0.05) is 31.4 Å². The van der Waals surface area contributed by atoms with Gasteiger partial charge in [-0.3, -0.25) is 4.90 Å². The number of aryl methyl sites for hydroxylation is 1. The summed E-state index contributed by atoms with van der Waals surface area (Å²) in [5.74, 6) is 0. The van der Waals surface area contributed by atoms with Crippen molar-refractivity contribution >= 4 is 11.6 Å². The first-order valence-electron chi connectivity index (χ1n) is 7.08. The third kappa shape index (κ3) is 3.24. The summed E-state index contributed by atoms with van der Waals surface area (Å²) >= 11 is 6.01.